The van der Waals surface area contributed by atoms with E-state index in [1.165, 1.54) is 18.2 Å². The van der Waals surface area contributed by atoms with Gasteiger partial charge in [0.05, 0.1) is 14.9 Å². The molecule has 1 N–H and O–H groups in total. The Hall–Kier alpha value is -0.780. The first-order chi connectivity index (χ1) is 7.81. The molecular formula is C10H8Cl2O4S. The molecule has 17 heavy (non-hydrogen) atoms. The van der Waals surface area contributed by atoms with Crippen LogP contribution in [0.1, 0.15) is 12.8 Å². The summed E-state index contributed by atoms with van der Waals surface area (Å²) in [6.45, 7) is 0. The van der Waals surface area contributed by atoms with Gasteiger partial charge in [-0.05, 0) is 31.0 Å². The van der Waals surface area contributed by atoms with Crippen molar-refractivity contribution in [1.82, 2.24) is 0 Å². The molecule has 2 rings (SSSR count). The van der Waals surface area contributed by atoms with Crippen molar-refractivity contribution in [1.29, 1.82) is 0 Å². The van der Waals surface area contributed by atoms with E-state index in [9.17, 15) is 13.2 Å². The van der Waals surface area contributed by atoms with Crippen molar-refractivity contribution >= 4 is 39.0 Å². The van der Waals surface area contributed by atoms with Crippen LogP contribution in [0.5, 0.6) is 0 Å². The minimum absolute atomic E-state index is 0.0916. The maximum atomic E-state index is 12.1. The van der Waals surface area contributed by atoms with E-state index in [0.717, 1.165) is 0 Å². The molecule has 7 heteroatoms. The number of carbonyl (C=O) groups is 1. The Kier molecular flexibility index (Phi) is 2.88. The van der Waals surface area contributed by atoms with Crippen LogP contribution in [0.15, 0.2) is 23.1 Å². The van der Waals surface area contributed by atoms with Gasteiger partial charge in [0.1, 0.15) is 0 Å². The predicted octanol–water partition coefficient (Wildman–Crippen LogP) is 2.38. The minimum atomic E-state index is -3.91. The molecular weight excluding hydrogens is 287 g/mol. The number of sulfone groups is 1. The van der Waals surface area contributed by atoms with Crippen molar-refractivity contribution in [3.05, 3.63) is 28.2 Å². The number of halogens is 2. The first kappa shape index (κ1) is 12.7. The average molecular weight is 295 g/mol. The molecule has 4 nitrogen and oxygen atoms in total. The highest BCUT2D eigenvalue weighted by Gasteiger charge is 2.61. The lowest BCUT2D eigenvalue weighted by Gasteiger charge is -2.11. The van der Waals surface area contributed by atoms with Crippen LogP contribution in [-0.2, 0) is 14.6 Å². The Balaban J connectivity index is 2.53. The highest BCUT2D eigenvalue weighted by atomic mass is 35.5. The van der Waals surface area contributed by atoms with Gasteiger partial charge < -0.3 is 5.11 Å². The normalized spacial score (nSPS) is 17.8. The molecule has 1 saturated carbocycles. The van der Waals surface area contributed by atoms with Gasteiger partial charge in [-0.3, -0.25) is 4.79 Å². The monoisotopic (exact) mass is 294 g/mol. The SMILES string of the molecule is O=C(O)C1(S(=O)(=O)c2ccc(Cl)c(Cl)c2)CC1. The van der Waals surface area contributed by atoms with Crippen molar-refractivity contribution in [3.63, 3.8) is 0 Å². The van der Waals surface area contributed by atoms with Gasteiger partial charge in [0.2, 0.25) is 0 Å². The van der Waals surface area contributed by atoms with Crippen LogP contribution in [0.25, 0.3) is 0 Å². The summed E-state index contributed by atoms with van der Waals surface area (Å²) < 4.78 is 22.6. The van der Waals surface area contributed by atoms with Crippen LogP contribution in [0.2, 0.25) is 10.0 Å². The number of benzene rings is 1. The molecule has 0 amide bonds. The Morgan fingerprint density at radius 3 is 2.24 bits per heavy atom. The smallest absolute Gasteiger partial charge is 0.325 e. The molecule has 1 aliphatic rings. The van der Waals surface area contributed by atoms with Crippen LogP contribution in [0, 0.1) is 0 Å². The molecule has 0 unspecified atom stereocenters. The predicted molar refractivity (Wildman–Crippen MR) is 63.2 cm³/mol. The van der Waals surface area contributed by atoms with Crippen LogP contribution in [0.3, 0.4) is 0 Å². The second-order valence-electron chi connectivity index (χ2n) is 3.88. The molecule has 0 aromatic heterocycles. The summed E-state index contributed by atoms with van der Waals surface area (Å²) >= 11 is 11.4. The zero-order chi connectivity index (χ0) is 12.8. The third kappa shape index (κ3) is 1.82. The largest absolute Gasteiger partial charge is 0.480 e. The number of rotatable bonds is 3. The number of carboxylic acids is 1. The molecule has 1 aromatic rings. The van der Waals surface area contributed by atoms with Gasteiger partial charge in [0.25, 0.3) is 0 Å². The molecule has 0 spiro atoms. The Labute approximate surface area is 108 Å². The molecule has 0 atom stereocenters. The van der Waals surface area contributed by atoms with Gasteiger partial charge >= 0.3 is 5.97 Å². The van der Waals surface area contributed by atoms with E-state index in [0.29, 0.717) is 0 Å². The lowest BCUT2D eigenvalue weighted by Crippen LogP contribution is -2.32. The topological polar surface area (TPSA) is 71.4 Å². The molecule has 1 fully saturated rings. The lowest BCUT2D eigenvalue weighted by atomic mass is 10.4. The third-order valence-electron chi connectivity index (χ3n) is 2.81. The maximum absolute atomic E-state index is 12.1. The Morgan fingerprint density at radius 2 is 1.82 bits per heavy atom. The van der Waals surface area contributed by atoms with Gasteiger partial charge in [-0.1, -0.05) is 23.2 Å². The summed E-state index contributed by atoms with van der Waals surface area (Å²) in [7, 11) is -3.91. The van der Waals surface area contributed by atoms with Gasteiger partial charge in [-0.2, -0.15) is 0 Å². The highest BCUT2D eigenvalue weighted by Crippen LogP contribution is 2.47. The van der Waals surface area contributed by atoms with E-state index in [1.807, 2.05) is 0 Å². The van der Waals surface area contributed by atoms with Gasteiger partial charge in [-0.25, -0.2) is 8.42 Å². The first-order valence-corrected chi connectivity index (χ1v) is 6.98. The van der Waals surface area contributed by atoms with E-state index in [-0.39, 0.29) is 27.8 Å². The van der Waals surface area contributed by atoms with Crippen LogP contribution < -0.4 is 0 Å². The number of hydrogen-bond donors (Lipinski definition) is 1. The fourth-order valence-electron chi connectivity index (χ4n) is 1.58. The summed E-state index contributed by atoms with van der Waals surface area (Å²) in [5.74, 6) is -1.32. The van der Waals surface area contributed by atoms with E-state index in [1.54, 1.807) is 0 Å². The van der Waals surface area contributed by atoms with Crippen molar-refractivity contribution in [2.24, 2.45) is 0 Å². The summed E-state index contributed by atoms with van der Waals surface area (Å²) in [6.07, 6.45) is 0.260. The van der Waals surface area contributed by atoms with Crippen molar-refractivity contribution < 1.29 is 18.3 Å². The molecule has 0 bridgehead atoms. The summed E-state index contributed by atoms with van der Waals surface area (Å²) in [6, 6.07) is 3.80. The summed E-state index contributed by atoms with van der Waals surface area (Å²) in [5.41, 5.74) is 0. The van der Waals surface area contributed by atoms with E-state index < -0.39 is 20.6 Å². The maximum Gasteiger partial charge on any atom is 0.325 e. The van der Waals surface area contributed by atoms with Crippen molar-refractivity contribution in [3.8, 4) is 0 Å². The average Bonchev–Trinajstić information content (AvgIpc) is 3.02. The second-order valence-corrected chi connectivity index (χ2v) is 6.95. The first-order valence-electron chi connectivity index (χ1n) is 4.74. The quantitative estimate of drug-likeness (QED) is 0.929. The van der Waals surface area contributed by atoms with Crippen LogP contribution >= 0.6 is 23.2 Å². The standard InChI is InChI=1S/C10H8Cl2O4S/c11-7-2-1-6(5-8(7)12)17(15,16)10(3-4-10)9(13)14/h1-2,5H,3-4H2,(H,13,14). The lowest BCUT2D eigenvalue weighted by molar-refractivity contribution is -0.137. The van der Waals surface area contributed by atoms with Gasteiger partial charge in [0, 0.05) is 0 Å². The van der Waals surface area contributed by atoms with E-state index in [2.05, 4.69) is 0 Å². The second kappa shape index (κ2) is 3.86. The molecule has 1 aromatic carbocycles. The molecule has 0 heterocycles. The molecule has 0 saturated heterocycles. The Morgan fingerprint density at radius 1 is 1.24 bits per heavy atom. The minimum Gasteiger partial charge on any atom is -0.480 e. The molecule has 92 valence electrons. The molecule has 0 aliphatic heterocycles. The van der Waals surface area contributed by atoms with E-state index in [4.69, 9.17) is 28.3 Å². The number of carboxylic acid groups (broad SMARTS) is 1. The van der Waals surface area contributed by atoms with Gasteiger partial charge in [0.15, 0.2) is 14.6 Å². The van der Waals surface area contributed by atoms with Gasteiger partial charge in [-0.15, -0.1) is 0 Å². The fraction of sp³-hybridized carbons (Fsp3) is 0.300. The van der Waals surface area contributed by atoms with E-state index >= 15 is 0 Å². The molecule has 1 aliphatic carbocycles. The highest BCUT2D eigenvalue weighted by molar-refractivity contribution is 7.94. The van der Waals surface area contributed by atoms with Crippen molar-refractivity contribution in [2.75, 3.05) is 0 Å². The summed E-state index contributed by atoms with van der Waals surface area (Å²) in [5, 5.41) is 9.31. The number of hydrogen-bond acceptors (Lipinski definition) is 3. The zero-order valence-electron chi connectivity index (χ0n) is 8.48. The summed E-state index contributed by atoms with van der Waals surface area (Å²) in [4.78, 5) is 10.9. The van der Waals surface area contributed by atoms with Crippen LogP contribution in [-0.4, -0.2) is 24.2 Å². The third-order valence-corrected chi connectivity index (χ3v) is 6.03. The fourth-order valence-corrected chi connectivity index (χ4v) is 3.78. The zero-order valence-corrected chi connectivity index (χ0v) is 10.8. The Bertz CT molecular complexity index is 590. The van der Waals surface area contributed by atoms with Crippen molar-refractivity contribution in [2.45, 2.75) is 22.5 Å². The molecule has 0 radical (unpaired) electrons. The van der Waals surface area contributed by atoms with Crippen LogP contribution in [0.4, 0.5) is 0 Å². The number of aliphatic carboxylic acids is 1.